The summed E-state index contributed by atoms with van der Waals surface area (Å²) in [7, 11) is -3.19. The number of amides is 2. The van der Waals surface area contributed by atoms with Crippen LogP contribution in [0.1, 0.15) is 54.5 Å². The van der Waals surface area contributed by atoms with Crippen LogP contribution in [0.25, 0.3) is 0 Å². The van der Waals surface area contributed by atoms with Gasteiger partial charge in [0.2, 0.25) is 0 Å². The summed E-state index contributed by atoms with van der Waals surface area (Å²) in [5, 5.41) is 6.55. The Balaban J connectivity index is 1.91. The Hall–Kier alpha value is -3.46. The van der Waals surface area contributed by atoms with Crippen molar-refractivity contribution >= 4 is 49.1 Å². The fourth-order valence-corrected chi connectivity index (χ4v) is 7.71. The third-order valence-corrected chi connectivity index (χ3v) is 10.0. The minimum atomic E-state index is -4.69. The van der Waals surface area contributed by atoms with Gasteiger partial charge in [-0.3, -0.25) is 14.3 Å². The predicted octanol–water partition coefficient (Wildman–Crippen LogP) is 5.55. The Morgan fingerprint density at radius 2 is 1.89 bits per heavy atom. The number of thiazole rings is 1. The topological polar surface area (TPSA) is 123 Å². The van der Waals surface area contributed by atoms with Gasteiger partial charge < -0.3 is 9.64 Å². The first-order valence-electron chi connectivity index (χ1n) is 14.1. The number of rotatable bonds is 13. The molecular weight excluding hydrogens is 685 g/mol. The van der Waals surface area contributed by atoms with Gasteiger partial charge in [-0.05, 0) is 54.2 Å². The summed E-state index contributed by atoms with van der Waals surface area (Å²) in [6.07, 6.45) is 4.98. The summed E-state index contributed by atoms with van der Waals surface area (Å²) in [4.78, 5) is 34.2. The van der Waals surface area contributed by atoms with E-state index in [0.717, 1.165) is 17.7 Å². The minimum absolute atomic E-state index is 0.0162. The number of carbonyl (C=O) groups excluding carboxylic acids is 2. The molecule has 0 fully saturated rings. The molecule has 45 heavy (non-hydrogen) atoms. The smallest absolute Gasteiger partial charge is 0.267 e. The molecule has 10 nitrogen and oxygen atoms in total. The van der Waals surface area contributed by atoms with Gasteiger partial charge in [-0.1, -0.05) is 54.9 Å². The maximum absolute atomic E-state index is 14.7. The van der Waals surface area contributed by atoms with Crippen molar-refractivity contribution in [3.05, 3.63) is 98.9 Å². The molecule has 0 bridgehead atoms. The molecule has 240 valence electrons. The van der Waals surface area contributed by atoms with Gasteiger partial charge >= 0.3 is 0 Å². The minimum Gasteiger partial charge on any atom is -0.385 e. The average Bonchev–Trinajstić information content (AvgIpc) is 3.69. The lowest BCUT2D eigenvalue weighted by Gasteiger charge is -2.42. The van der Waals surface area contributed by atoms with Crippen molar-refractivity contribution in [2.45, 2.75) is 62.6 Å². The van der Waals surface area contributed by atoms with Gasteiger partial charge in [0.15, 0.2) is 0 Å². The van der Waals surface area contributed by atoms with Crippen LogP contribution in [0.15, 0.2) is 81.9 Å². The zero-order valence-corrected chi connectivity index (χ0v) is 28.6. The molecule has 1 atom stereocenters. The van der Waals surface area contributed by atoms with E-state index in [4.69, 9.17) is 4.74 Å². The number of benzene rings is 2. The van der Waals surface area contributed by atoms with Crippen molar-refractivity contribution in [3.63, 3.8) is 0 Å². The molecule has 0 aliphatic carbocycles. The Morgan fingerprint density at radius 1 is 1.13 bits per heavy atom. The molecule has 2 heterocycles. The first kappa shape index (κ1) is 34.4. The van der Waals surface area contributed by atoms with Crippen LogP contribution < -0.4 is 4.72 Å². The second-order valence-electron chi connectivity index (χ2n) is 11.5. The number of ether oxygens (including phenoxy) is 1. The summed E-state index contributed by atoms with van der Waals surface area (Å²) in [6.45, 7) is 6.05. The van der Waals surface area contributed by atoms with E-state index in [1.807, 2.05) is 6.07 Å². The second kappa shape index (κ2) is 14.3. The van der Waals surface area contributed by atoms with Crippen molar-refractivity contribution < 1.29 is 27.1 Å². The number of aromatic nitrogens is 3. The third-order valence-electron chi connectivity index (χ3n) is 7.26. The van der Waals surface area contributed by atoms with E-state index in [1.165, 1.54) is 46.4 Å². The first-order valence-corrected chi connectivity index (χ1v) is 17.2. The van der Waals surface area contributed by atoms with Crippen LogP contribution in [0.3, 0.4) is 0 Å². The molecule has 1 unspecified atom stereocenters. The zero-order valence-electron chi connectivity index (χ0n) is 25.4. The number of carbonyl (C=O) groups is 2. The van der Waals surface area contributed by atoms with E-state index in [1.54, 1.807) is 36.0 Å². The Bertz CT molecular complexity index is 1730. The van der Waals surface area contributed by atoms with Gasteiger partial charge in [0.25, 0.3) is 21.8 Å². The van der Waals surface area contributed by atoms with Crippen LogP contribution in [0, 0.1) is 5.82 Å². The van der Waals surface area contributed by atoms with Crippen molar-refractivity contribution in [3.8, 4) is 0 Å². The van der Waals surface area contributed by atoms with Gasteiger partial charge in [-0.25, -0.2) is 22.5 Å². The van der Waals surface area contributed by atoms with Crippen LogP contribution in [-0.2, 0) is 38.1 Å². The number of nitrogens with one attached hydrogen (secondary N) is 1. The highest BCUT2D eigenvalue weighted by Gasteiger charge is 2.49. The average molecular weight is 721 g/mol. The molecule has 0 aliphatic rings. The molecule has 4 aromatic rings. The van der Waals surface area contributed by atoms with Crippen LogP contribution in [0.5, 0.6) is 0 Å². The standard InChI is InChI=1S/C31H35BrFN5O5S2/c1-30(2,3)23-12-11-22(19-24(23)32)28(39)38(20-27-34-15-18-44-27)31(13-7-17-43-4,21-37-16-8-14-35-37)29(40)36-45(41,42)26-10-6-5-9-25(26)33/h5-6,8-12,14-16,18-19H,7,13,17,20-21H2,1-4H3,(H,36,40). The highest BCUT2D eigenvalue weighted by atomic mass is 79.9. The molecule has 2 aromatic heterocycles. The zero-order chi connectivity index (χ0) is 32.8. The summed E-state index contributed by atoms with van der Waals surface area (Å²) in [5.41, 5.74) is -0.817. The maximum atomic E-state index is 14.7. The Labute approximate surface area is 274 Å². The molecule has 0 saturated carbocycles. The van der Waals surface area contributed by atoms with Crippen molar-refractivity contribution in [1.82, 2.24) is 24.4 Å². The fraction of sp³-hybridized carbons (Fsp3) is 0.355. The lowest BCUT2D eigenvalue weighted by atomic mass is 9.86. The predicted molar refractivity (Wildman–Crippen MR) is 173 cm³/mol. The van der Waals surface area contributed by atoms with Crippen molar-refractivity contribution in [1.29, 1.82) is 0 Å². The van der Waals surface area contributed by atoms with Gasteiger partial charge in [0.1, 0.15) is 21.3 Å². The number of hydrogen-bond donors (Lipinski definition) is 1. The lowest BCUT2D eigenvalue weighted by Crippen LogP contribution is -2.63. The Morgan fingerprint density at radius 3 is 2.49 bits per heavy atom. The maximum Gasteiger partial charge on any atom is 0.267 e. The molecule has 14 heteroatoms. The highest BCUT2D eigenvalue weighted by Crippen LogP contribution is 2.34. The molecule has 0 spiro atoms. The van der Waals surface area contributed by atoms with Crippen LogP contribution in [0.2, 0.25) is 0 Å². The van der Waals surface area contributed by atoms with Crippen LogP contribution in [0.4, 0.5) is 4.39 Å². The van der Waals surface area contributed by atoms with E-state index >= 15 is 0 Å². The van der Waals surface area contributed by atoms with Gasteiger partial charge in [-0.2, -0.15) is 5.10 Å². The molecule has 2 aromatic carbocycles. The van der Waals surface area contributed by atoms with E-state index in [-0.39, 0.29) is 43.5 Å². The largest absolute Gasteiger partial charge is 0.385 e. The fourth-order valence-electron chi connectivity index (χ4n) is 5.01. The lowest BCUT2D eigenvalue weighted by molar-refractivity contribution is -0.132. The highest BCUT2D eigenvalue weighted by molar-refractivity contribution is 9.10. The number of halogens is 2. The van der Waals surface area contributed by atoms with Crippen molar-refractivity contribution in [2.24, 2.45) is 0 Å². The summed E-state index contributed by atoms with van der Waals surface area (Å²) in [6, 6.07) is 11.6. The molecule has 1 N–H and O–H groups in total. The molecule has 0 saturated heterocycles. The third kappa shape index (κ3) is 8.04. The number of methoxy groups -OCH3 is 1. The van der Waals surface area contributed by atoms with Gasteiger partial charge in [-0.15, -0.1) is 11.3 Å². The van der Waals surface area contributed by atoms with Crippen molar-refractivity contribution in [2.75, 3.05) is 13.7 Å². The van der Waals surface area contributed by atoms with Crippen LogP contribution in [-0.4, -0.2) is 59.2 Å². The quantitative estimate of drug-likeness (QED) is 0.180. The molecular formula is C31H35BrFN5O5S2. The molecule has 2 amide bonds. The van der Waals surface area contributed by atoms with Crippen LogP contribution >= 0.6 is 27.3 Å². The second-order valence-corrected chi connectivity index (χ2v) is 14.9. The monoisotopic (exact) mass is 719 g/mol. The SMILES string of the molecule is COCCCC(Cn1cccn1)(C(=O)NS(=O)(=O)c1ccccc1F)N(Cc1nccs1)C(=O)c1ccc(C(C)(C)C)c(Br)c1. The summed E-state index contributed by atoms with van der Waals surface area (Å²) in [5.74, 6) is -2.57. The van der Waals surface area contributed by atoms with E-state index < -0.39 is 38.1 Å². The first-order chi connectivity index (χ1) is 21.3. The van der Waals surface area contributed by atoms with E-state index in [9.17, 15) is 22.4 Å². The van der Waals surface area contributed by atoms with Gasteiger partial charge in [0.05, 0.1) is 13.1 Å². The Kier molecular flexibility index (Phi) is 10.9. The van der Waals surface area contributed by atoms with E-state index in [0.29, 0.717) is 9.48 Å². The summed E-state index contributed by atoms with van der Waals surface area (Å²) < 4.78 is 51.1. The molecule has 4 rings (SSSR count). The molecule has 0 radical (unpaired) electrons. The van der Waals surface area contributed by atoms with Gasteiger partial charge in [0, 0.05) is 47.7 Å². The number of hydrogen-bond acceptors (Lipinski definition) is 8. The summed E-state index contributed by atoms with van der Waals surface area (Å²) >= 11 is 4.89. The van der Waals surface area contributed by atoms with E-state index in [2.05, 4.69) is 51.5 Å². The normalized spacial score (nSPS) is 13.3. The number of sulfonamides is 1. The number of nitrogens with zero attached hydrogens (tertiary/aromatic N) is 4. The molecule has 0 aliphatic heterocycles.